The van der Waals surface area contributed by atoms with Crippen LogP contribution >= 0.6 is 0 Å². The minimum atomic E-state index is -0.314. The van der Waals surface area contributed by atoms with E-state index in [9.17, 15) is 4.79 Å². The average Bonchev–Trinajstić information content (AvgIpc) is 3.11. The molecule has 1 saturated carbocycles. The molecule has 1 aliphatic rings. The predicted octanol–water partition coefficient (Wildman–Crippen LogP) is 1.91. The van der Waals surface area contributed by atoms with Gasteiger partial charge in [0.1, 0.15) is 0 Å². The Balaban J connectivity index is 1.82. The molecule has 1 heterocycles. The minimum Gasteiger partial charge on any atom is -0.314 e. The molecule has 16 heavy (non-hydrogen) atoms. The lowest BCUT2D eigenvalue weighted by Gasteiger charge is -2.03. The third kappa shape index (κ3) is 3.05. The molecule has 0 unspecified atom stereocenters. The molecule has 84 valence electrons. The van der Waals surface area contributed by atoms with Gasteiger partial charge in [0.15, 0.2) is 0 Å². The maximum atomic E-state index is 11.4. The van der Waals surface area contributed by atoms with Crippen molar-refractivity contribution in [2.45, 2.75) is 19.8 Å². The average molecular weight is 218 g/mol. The summed E-state index contributed by atoms with van der Waals surface area (Å²) in [7, 11) is 0. The van der Waals surface area contributed by atoms with Gasteiger partial charge in [0.2, 0.25) is 5.95 Å². The molecule has 0 spiro atoms. The van der Waals surface area contributed by atoms with E-state index in [1.54, 1.807) is 24.7 Å². The van der Waals surface area contributed by atoms with E-state index >= 15 is 0 Å². The summed E-state index contributed by atoms with van der Waals surface area (Å²) in [6.07, 6.45) is 7.36. The molecule has 0 aliphatic heterocycles. The molecule has 1 aliphatic carbocycles. The summed E-state index contributed by atoms with van der Waals surface area (Å²) in [4.78, 5) is 19.2. The minimum absolute atomic E-state index is 0.303. The number of urea groups is 1. The second-order valence-electron chi connectivity index (χ2n) is 3.83. The van der Waals surface area contributed by atoms with Crippen LogP contribution < -0.4 is 10.6 Å². The highest BCUT2D eigenvalue weighted by Gasteiger charge is 2.22. The molecular weight excluding hydrogens is 204 g/mol. The van der Waals surface area contributed by atoms with Crippen LogP contribution in [0.5, 0.6) is 0 Å². The number of carbonyl (C=O) groups is 1. The molecule has 0 saturated heterocycles. The number of anilines is 1. The summed E-state index contributed by atoms with van der Waals surface area (Å²) in [5.74, 6) is 0.964. The van der Waals surface area contributed by atoms with Crippen molar-refractivity contribution < 1.29 is 4.79 Å². The smallest absolute Gasteiger partial charge is 0.314 e. The second kappa shape index (κ2) is 4.74. The predicted molar refractivity (Wildman–Crippen MR) is 60.7 cm³/mol. The number of nitrogens with zero attached hydrogens (tertiary/aromatic N) is 2. The maximum Gasteiger partial charge on any atom is 0.325 e. The van der Waals surface area contributed by atoms with Crippen molar-refractivity contribution in [2.24, 2.45) is 5.92 Å². The van der Waals surface area contributed by atoms with Crippen molar-refractivity contribution in [3.8, 4) is 0 Å². The van der Waals surface area contributed by atoms with Crippen molar-refractivity contribution in [3.63, 3.8) is 0 Å². The van der Waals surface area contributed by atoms with Crippen molar-refractivity contribution in [2.75, 3.05) is 5.32 Å². The first kappa shape index (κ1) is 10.6. The zero-order valence-corrected chi connectivity index (χ0v) is 9.10. The summed E-state index contributed by atoms with van der Waals surface area (Å²) >= 11 is 0. The lowest BCUT2D eigenvalue weighted by atomic mass is 10.2. The zero-order chi connectivity index (χ0) is 11.4. The zero-order valence-electron chi connectivity index (χ0n) is 9.10. The molecule has 1 aromatic heterocycles. The van der Waals surface area contributed by atoms with Crippen molar-refractivity contribution >= 4 is 12.0 Å². The van der Waals surface area contributed by atoms with E-state index in [2.05, 4.69) is 20.6 Å². The molecule has 5 nitrogen and oxygen atoms in total. The van der Waals surface area contributed by atoms with Crippen LogP contribution in [0.15, 0.2) is 30.2 Å². The lowest BCUT2D eigenvalue weighted by molar-refractivity contribution is 0.255. The van der Waals surface area contributed by atoms with Gasteiger partial charge in [-0.05, 0) is 31.7 Å². The summed E-state index contributed by atoms with van der Waals surface area (Å²) < 4.78 is 0. The summed E-state index contributed by atoms with van der Waals surface area (Å²) in [5.41, 5.74) is 1.21. The van der Waals surface area contributed by atoms with Crippen LogP contribution in [0.3, 0.4) is 0 Å². The maximum absolute atomic E-state index is 11.4. The topological polar surface area (TPSA) is 66.9 Å². The molecule has 0 bridgehead atoms. The van der Waals surface area contributed by atoms with E-state index in [0.717, 1.165) is 0 Å². The molecule has 2 amide bonds. The standard InChI is InChI=1S/C11H14N4O/c1-8(9-3-4-9)7-14-11(16)15-10-12-5-2-6-13-10/h2,5-7,9H,3-4H2,1H3,(H2,12,13,14,15,16)/b8-7+. The Labute approximate surface area is 94.0 Å². The Morgan fingerprint density at radius 3 is 2.75 bits per heavy atom. The first-order chi connectivity index (χ1) is 7.75. The first-order valence-corrected chi connectivity index (χ1v) is 5.27. The van der Waals surface area contributed by atoms with Gasteiger partial charge in [-0.3, -0.25) is 5.32 Å². The molecular formula is C11H14N4O. The molecule has 2 rings (SSSR count). The van der Waals surface area contributed by atoms with E-state index in [0.29, 0.717) is 11.9 Å². The fourth-order valence-electron chi connectivity index (χ4n) is 1.34. The number of hydrogen-bond acceptors (Lipinski definition) is 3. The Kier molecular flexibility index (Phi) is 3.14. The van der Waals surface area contributed by atoms with Crippen LogP contribution in [0.1, 0.15) is 19.8 Å². The number of carbonyl (C=O) groups excluding carboxylic acids is 1. The number of aromatic nitrogens is 2. The van der Waals surface area contributed by atoms with Crippen LogP contribution in [0.25, 0.3) is 0 Å². The Hall–Kier alpha value is -1.91. The summed E-state index contributed by atoms with van der Waals surface area (Å²) in [6.45, 7) is 2.02. The van der Waals surface area contributed by atoms with Crippen LogP contribution in [0.4, 0.5) is 10.7 Å². The molecule has 2 N–H and O–H groups in total. The molecule has 1 fully saturated rings. The van der Waals surface area contributed by atoms with Gasteiger partial charge in [0.05, 0.1) is 0 Å². The van der Waals surface area contributed by atoms with E-state index in [-0.39, 0.29) is 6.03 Å². The Morgan fingerprint density at radius 2 is 2.12 bits per heavy atom. The fourth-order valence-corrected chi connectivity index (χ4v) is 1.34. The quantitative estimate of drug-likeness (QED) is 0.814. The largest absolute Gasteiger partial charge is 0.325 e. The highest BCUT2D eigenvalue weighted by molar-refractivity contribution is 5.87. The van der Waals surface area contributed by atoms with Crippen LogP contribution in [0.2, 0.25) is 0 Å². The van der Waals surface area contributed by atoms with Crippen molar-refractivity contribution in [1.82, 2.24) is 15.3 Å². The molecule has 5 heteroatoms. The lowest BCUT2D eigenvalue weighted by Crippen LogP contribution is -2.25. The molecule has 0 atom stereocenters. The summed E-state index contributed by atoms with van der Waals surface area (Å²) in [5, 5.41) is 5.20. The molecule has 0 aromatic carbocycles. The molecule has 0 radical (unpaired) electrons. The van der Waals surface area contributed by atoms with E-state index in [1.807, 2.05) is 6.92 Å². The van der Waals surface area contributed by atoms with Crippen LogP contribution in [0, 0.1) is 5.92 Å². The highest BCUT2D eigenvalue weighted by atomic mass is 16.2. The first-order valence-electron chi connectivity index (χ1n) is 5.27. The van der Waals surface area contributed by atoms with Gasteiger partial charge in [-0.2, -0.15) is 0 Å². The third-order valence-corrected chi connectivity index (χ3v) is 2.44. The second-order valence-corrected chi connectivity index (χ2v) is 3.83. The van der Waals surface area contributed by atoms with E-state index in [4.69, 9.17) is 0 Å². The Morgan fingerprint density at radius 1 is 1.44 bits per heavy atom. The van der Waals surface area contributed by atoms with E-state index in [1.165, 1.54) is 18.4 Å². The number of amides is 2. The Bertz CT molecular complexity index is 398. The van der Waals surface area contributed by atoms with Gasteiger partial charge in [0, 0.05) is 18.6 Å². The summed E-state index contributed by atoms with van der Waals surface area (Å²) in [6, 6.07) is 1.38. The number of allylic oxidation sites excluding steroid dienone is 1. The van der Waals surface area contributed by atoms with Gasteiger partial charge in [-0.1, -0.05) is 5.57 Å². The SMILES string of the molecule is C/C(=C\NC(=O)Nc1ncccn1)C1CC1. The number of nitrogens with one attached hydrogen (secondary N) is 2. The fraction of sp³-hybridized carbons (Fsp3) is 0.364. The highest BCUT2D eigenvalue weighted by Crippen LogP contribution is 2.35. The van der Waals surface area contributed by atoms with Crippen LogP contribution in [-0.4, -0.2) is 16.0 Å². The van der Waals surface area contributed by atoms with Crippen molar-refractivity contribution in [1.29, 1.82) is 0 Å². The number of rotatable bonds is 3. The van der Waals surface area contributed by atoms with E-state index < -0.39 is 0 Å². The van der Waals surface area contributed by atoms with Gasteiger partial charge in [-0.15, -0.1) is 0 Å². The van der Waals surface area contributed by atoms with Gasteiger partial charge in [-0.25, -0.2) is 14.8 Å². The third-order valence-electron chi connectivity index (χ3n) is 2.44. The van der Waals surface area contributed by atoms with Crippen molar-refractivity contribution in [3.05, 3.63) is 30.2 Å². The van der Waals surface area contributed by atoms with Gasteiger partial charge < -0.3 is 5.32 Å². The van der Waals surface area contributed by atoms with Crippen LogP contribution in [-0.2, 0) is 0 Å². The molecule has 1 aromatic rings. The van der Waals surface area contributed by atoms with Gasteiger partial charge >= 0.3 is 6.03 Å². The van der Waals surface area contributed by atoms with Gasteiger partial charge in [0.25, 0.3) is 0 Å². The monoisotopic (exact) mass is 218 g/mol. The number of hydrogen-bond donors (Lipinski definition) is 2. The normalized spacial score (nSPS) is 15.7.